The summed E-state index contributed by atoms with van der Waals surface area (Å²) in [6, 6.07) is 8.08. The fourth-order valence-electron chi connectivity index (χ4n) is 10.3. The van der Waals surface area contributed by atoms with E-state index in [9.17, 15) is 0 Å². The lowest BCUT2D eigenvalue weighted by Gasteiger charge is -2.61. The molecule has 202 valence electrons. The van der Waals surface area contributed by atoms with Gasteiger partial charge in [-0.15, -0.1) is 0 Å². The molecule has 1 aromatic rings. The molecule has 2 heteroatoms. The molecule has 36 heavy (non-hydrogen) atoms. The van der Waals surface area contributed by atoms with E-state index in [1.807, 2.05) is 12.1 Å². The minimum Gasteiger partial charge on any atom is -0.399 e. The minimum absolute atomic E-state index is 0.617. The monoisotopic (exact) mass is 493 g/mol. The fraction of sp³-hybridized carbons (Fsp3) is 0.824. The first-order valence-electron chi connectivity index (χ1n) is 15.7. The molecular weight excluding hydrogens is 438 g/mol. The highest BCUT2D eigenvalue weighted by atomic mass is 16.5. The van der Waals surface area contributed by atoms with Crippen molar-refractivity contribution in [2.45, 2.75) is 118 Å². The van der Waals surface area contributed by atoms with Crippen LogP contribution in [-0.2, 0) is 11.3 Å². The summed E-state index contributed by atoms with van der Waals surface area (Å²) in [6.07, 6.45) is 19.3. The van der Waals surface area contributed by atoms with Gasteiger partial charge in [-0.3, -0.25) is 0 Å². The van der Waals surface area contributed by atoms with Crippen LogP contribution in [0.25, 0.3) is 0 Å². The number of hydrogen-bond acceptors (Lipinski definition) is 2. The molecule has 0 saturated heterocycles. The summed E-state index contributed by atoms with van der Waals surface area (Å²) in [4.78, 5) is 0. The number of rotatable bonds is 9. The molecule has 0 aromatic heterocycles. The molecule has 5 rings (SSSR count). The fourth-order valence-corrected chi connectivity index (χ4v) is 10.3. The molecule has 4 aliphatic carbocycles. The van der Waals surface area contributed by atoms with Crippen LogP contribution >= 0.6 is 0 Å². The van der Waals surface area contributed by atoms with Gasteiger partial charge in [-0.2, -0.15) is 0 Å². The maximum absolute atomic E-state index is 6.02. The number of benzene rings is 1. The highest BCUT2D eigenvalue weighted by Crippen LogP contribution is 2.68. The van der Waals surface area contributed by atoms with Crippen molar-refractivity contribution in [3.05, 3.63) is 29.8 Å². The third-order valence-corrected chi connectivity index (χ3v) is 12.4. The number of fused-ring (bicyclic) bond motifs is 5. The van der Waals surface area contributed by atoms with Crippen molar-refractivity contribution < 1.29 is 4.74 Å². The second kappa shape index (κ2) is 11.0. The standard InChI is InChI=1S/C34H55NO/c1-24(22-36-23-26-11-14-28(35)15-12-26)8-7-9-25(2)30-17-18-31-29-16-13-27-10-5-6-20-33(27,3)32(29)19-21-34(30,31)4/h11-12,14-15,24-25,27,29-32H,5-10,13,16-23,35H2,1-4H3/t24?,25?,27?,29-,30+,31-,32-,33-,34+/m0/s1. The van der Waals surface area contributed by atoms with Crippen LogP contribution in [0, 0.1) is 52.3 Å². The van der Waals surface area contributed by atoms with Crippen molar-refractivity contribution in [1.82, 2.24) is 0 Å². The van der Waals surface area contributed by atoms with Crippen molar-refractivity contribution in [3.8, 4) is 0 Å². The van der Waals surface area contributed by atoms with Crippen molar-refractivity contribution in [1.29, 1.82) is 0 Å². The Morgan fingerprint density at radius 3 is 2.44 bits per heavy atom. The van der Waals surface area contributed by atoms with Gasteiger partial charge in [0.15, 0.2) is 0 Å². The Labute approximate surface area is 222 Å². The van der Waals surface area contributed by atoms with Gasteiger partial charge >= 0.3 is 0 Å². The van der Waals surface area contributed by atoms with Gasteiger partial charge in [-0.25, -0.2) is 0 Å². The van der Waals surface area contributed by atoms with Crippen LogP contribution in [0.1, 0.15) is 117 Å². The number of ether oxygens (including phenoxy) is 1. The quantitative estimate of drug-likeness (QED) is 0.348. The highest BCUT2D eigenvalue weighted by molar-refractivity contribution is 5.39. The number of anilines is 1. The predicted octanol–water partition coefficient (Wildman–Crippen LogP) is 9.28. The van der Waals surface area contributed by atoms with E-state index in [2.05, 4.69) is 39.8 Å². The zero-order valence-electron chi connectivity index (χ0n) is 23.9. The molecule has 0 heterocycles. The predicted molar refractivity (Wildman–Crippen MR) is 153 cm³/mol. The third-order valence-electron chi connectivity index (χ3n) is 12.4. The summed E-state index contributed by atoms with van der Waals surface area (Å²) >= 11 is 0. The zero-order valence-corrected chi connectivity index (χ0v) is 23.9. The average Bonchev–Trinajstić information content (AvgIpc) is 3.22. The summed E-state index contributed by atoms with van der Waals surface area (Å²) in [6.45, 7) is 12.0. The summed E-state index contributed by atoms with van der Waals surface area (Å²) in [5.41, 5.74) is 9.12. The molecule has 1 aromatic carbocycles. The van der Waals surface area contributed by atoms with Crippen LogP contribution < -0.4 is 5.73 Å². The first kappa shape index (κ1) is 26.6. The minimum atomic E-state index is 0.617. The molecule has 3 unspecified atom stereocenters. The average molecular weight is 494 g/mol. The van der Waals surface area contributed by atoms with E-state index in [1.165, 1.54) is 76.2 Å². The van der Waals surface area contributed by atoms with Crippen molar-refractivity contribution >= 4 is 5.69 Å². The first-order valence-corrected chi connectivity index (χ1v) is 15.7. The van der Waals surface area contributed by atoms with Crippen LogP contribution in [0.3, 0.4) is 0 Å². The molecule has 0 radical (unpaired) electrons. The molecule has 0 amide bonds. The topological polar surface area (TPSA) is 35.2 Å². The molecule has 0 aliphatic heterocycles. The molecule has 4 aliphatic rings. The van der Waals surface area contributed by atoms with E-state index in [4.69, 9.17) is 10.5 Å². The SMILES string of the molecule is CC(CCCC(C)[C@H]1CC[C@H]2[C@@H]3CCC4CCCC[C@]4(C)[C@H]3CC[C@]12C)COCc1ccc(N)cc1. The lowest BCUT2D eigenvalue weighted by Crippen LogP contribution is -2.53. The van der Waals surface area contributed by atoms with Gasteiger partial charge in [0.2, 0.25) is 0 Å². The number of nitrogens with two attached hydrogens (primary N) is 1. The van der Waals surface area contributed by atoms with E-state index >= 15 is 0 Å². The zero-order chi connectivity index (χ0) is 25.3. The molecule has 4 fully saturated rings. The van der Waals surface area contributed by atoms with Crippen LogP contribution in [0.2, 0.25) is 0 Å². The highest BCUT2D eigenvalue weighted by Gasteiger charge is 2.60. The maximum Gasteiger partial charge on any atom is 0.0717 e. The van der Waals surface area contributed by atoms with Crippen LogP contribution in [0.5, 0.6) is 0 Å². The van der Waals surface area contributed by atoms with E-state index < -0.39 is 0 Å². The Hall–Kier alpha value is -1.02. The molecule has 0 spiro atoms. The first-order chi connectivity index (χ1) is 17.3. The lowest BCUT2D eigenvalue weighted by molar-refractivity contribution is -0.114. The largest absolute Gasteiger partial charge is 0.399 e. The van der Waals surface area contributed by atoms with Gasteiger partial charge in [0.25, 0.3) is 0 Å². The van der Waals surface area contributed by atoms with Crippen molar-refractivity contribution in [2.75, 3.05) is 12.3 Å². The van der Waals surface area contributed by atoms with E-state index in [1.54, 1.807) is 12.8 Å². The molecule has 2 N–H and O–H groups in total. The summed E-state index contributed by atoms with van der Waals surface area (Å²) in [7, 11) is 0. The Morgan fingerprint density at radius 2 is 1.64 bits per heavy atom. The van der Waals surface area contributed by atoms with Gasteiger partial charge in [0.05, 0.1) is 6.61 Å². The molecule has 2 nitrogen and oxygen atoms in total. The van der Waals surface area contributed by atoms with E-state index in [0.29, 0.717) is 23.4 Å². The van der Waals surface area contributed by atoms with Crippen molar-refractivity contribution in [2.24, 2.45) is 52.3 Å². The maximum atomic E-state index is 6.02. The summed E-state index contributed by atoms with van der Waals surface area (Å²) in [5.74, 6) is 6.61. The van der Waals surface area contributed by atoms with Gasteiger partial charge in [-0.1, -0.05) is 65.5 Å². The Balaban J connectivity index is 1.09. The smallest absolute Gasteiger partial charge is 0.0717 e. The third kappa shape index (κ3) is 5.14. The van der Waals surface area contributed by atoms with E-state index in [0.717, 1.165) is 47.8 Å². The van der Waals surface area contributed by atoms with Crippen LogP contribution in [-0.4, -0.2) is 6.61 Å². The summed E-state index contributed by atoms with van der Waals surface area (Å²) in [5, 5.41) is 0. The number of hydrogen-bond donors (Lipinski definition) is 1. The van der Waals surface area contributed by atoms with Crippen molar-refractivity contribution in [3.63, 3.8) is 0 Å². The van der Waals surface area contributed by atoms with Crippen LogP contribution in [0.4, 0.5) is 5.69 Å². The molecule has 0 bridgehead atoms. The summed E-state index contributed by atoms with van der Waals surface area (Å²) < 4.78 is 6.02. The second-order valence-electron chi connectivity index (χ2n) is 14.4. The Morgan fingerprint density at radius 1 is 0.861 bits per heavy atom. The molecule has 9 atom stereocenters. The second-order valence-corrected chi connectivity index (χ2v) is 14.4. The van der Waals surface area contributed by atoms with Gasteiger partial charge in [0, 0.05) is 12.3 Å². The van der Waals surface area contributed by atoms with Crippen LogP contribution in [0.15, 0.2) is 24.3 Å². The molecular formula is C34H55NO. The van der Waals surface area contributed by atoms with Gasteiger partial charge in [0.1, 0.15) is 0 Å². The van der Waals surface area contributed by atoms with Gasteiger partial charge in [-0.05, 0) is 128 Å². The van der Waals surface area contributed by atoms with E-state index in [-0.39, 0.29) is 0 Å². The normalized spacial score (nSPS) is 39.6. The lowest BCUT2D eigenvalue weighted by atomic mass is 9.44. The Kier molecular flexibility index (Phi) is 8.12. The van der Waals surface area contributed by atoms with Gasteiger partial charge < -0.3 is 10.5 Å². The molecule has 4 saturated carbocycles. The number of nitrogen functional groups attached to an aromatic ring is 1. The Bertz CT molecular complexity index is 849.